The fourth-order valence-electron chi connectivity index (χ4n) is 10.7. The predicted molar refractivity (Wildman–Crippen MR) is 411 cm³/mol. The first kappa shape index (κ1) is 85.8. The Morgan fingerprint density at radius 3 is 0.691 bits per heavy atom. The Bertz CT molecular complexity index is 4530. The molecule has 0 unspecified atom stereocenters. The van der Waals surface area contributed by atoms with Crippen LogP contribution in [0.3, 0.4) is 0 Å². The van der Waals surface area contributed by atoms with Gasteiger partial charge in [0.15, 0.2) is 23.1 Å². The molecule has 13 rings (SSSR count). The number of nitrogens with zero attached hydrogens (tertiary/aromatic N) is 5. The van der Waals surface area contributed by atoms with Crippen LogP contribution in [-0.4, -0.2) is 47.9 Å². The molecule has 0 atom stereocenters. The van der Waals surface area contributed by atoms with Gasteiger partial charge < -0.3 is 30.6 Å². The number of aromatic nitrogens is 3. The second kappa shape index (κ2) is 47.4. The van der Waals surface area contributed by atoms with E-state index >= 15 is 0 Å². The number of pyridine rings is 3. The minimum atomic E-state index is -0.264. The second-order valence-electron chi connectivity index (χ2n) is 24.2. The third-order valence-corrected chi connectivity index (χ3v) is 16.1. The van der Waals surface area contributed by atoms with Crippen LogP contribution in [0.4, 0.5) is 0 Å². The molecule has 2 radical (unpaired) electrons. The predicted octanol–water partition coefficient (Wildman–Crippen LogP) is 13.5. The van der Waals surface area contributed by atoms with Gasteiger partial charge in [0.05, 0.1) is 22.8 Å². The third kappa shape index (κ3) is 29.6. The molecule has 0 aliphatic carbocycles. The smallest absolute Gasteiger partial charge is 0.872 e. The average Bonchev–Trinajstić information content (AvgIpc) is 0.889. The maximum Gasteiger partial charge on any atom is 3.00 e. The molecular weight excluding hydrogens is 1670 g/mol. The Morgan fingerprint density at radius 2 is 0.455 bits per heavy atom. The van der Waals surface area contributed by atoms with Crippen LogP contribution < -0.4 is 30.6 Å². The van der Waals surface area contributed by atoms with E-state index in [0.717, 1.165) is 58.2 Å². The van der Waals surface area contributed by atoms with Crippen molar-refractivity contribution in [1.82, 2.24) is 24.8 Å². The largest absolute Gasteiger partial charge is 3.00 e. The number of benzene rings is 10. The molecule has 0 saturated heterocycles. The Hall–Kier alpha value is -11.4. The summed E-state index contributed by atoms with van der Waals surface area (Å²) in [7, 11) is 0. The van der Waals surface area contributed by atoms with Gasteiger partial charge in [0.2, 0.25) is 0 Å². The van der Waals surface area contributed by atoms with Crippen molar-refractivity contribution < 1.29 is 126 Å². The molecule has 0 aliphatic heterocycles. The van der Waals surface area contributed by atoms with Crippen LogP contribution in [0, 0.1) is 76.3 Å². The summed E-state index contributed by atoms with van der Waals surface area (Å²) in [6.07, 6.45) is 8.08. The van der Waals surface area contributed by atoms with Gasteiger partial charge in [-0.05, 0) is 94.1 Å². The fraction of sp³-hybridized carbons (Fsp3) is 0.0645. The summed E-state index contributed by atoms with van der Waals surface area (Å²) in [4.78, 5) is 65.3. The molecule has 3 aromatic heterocycles. The number of carbonyl (C=O) groups is 4. The van der Waals surface area contributed by atoms with Crippen molar-refractivity contribution in [1.29, 1.82) is 0 Å². The number of allylic oxidation sites excluding steroid dienone is 4. The molecular formula is C93H75Dy2N5O10. The molecule has 0 fully saturated rings. The SMILES string of the molecule is O=C(/C=C(\[O-])c1ccccc1)c1ccccc1.O=C(/C=C(\[O-])c1ccccc1)c1ccccc1.O=C(/C=C(\[O-])c1ccccc1)c1ccccc1.O=C(/C=C(\[O-])c1ccccc1)c1ccccc1.[Dy+3].[Dy+3].[O-]c1ccccc1CN(Cc1ccccn1)Cc1cccc(CN(Cc2ccccn2)Cc2ccccc2[O-])n1. The molecule has 0 amide bonds. The summed E-state index contributed by atoms with van der Waals surface area (Å²) in [5, 5.41) is 71.9. The minimum Gasteiger partial charge on any atom is -0.872 e. The molecule has 15 nitrogen and oxygen atoms in total. The monoisotopic (exact) mass is 1750 g/mol. The van der Waals surface area contributed by atoms with Crippen molar-refractivity contribution in [2.45, 2.75) is 39.3 Å². The van der Waals surface area contributed by atoms with E-state index in [-0.39, 0.29) is 134 Å². The first-order valence-electron chi connectivity index (χ1n) is 34.5. The quantitative estimate of drug-likeness (QED) is 0.0310. The first-order chi connectivity index (χ1) is 52.7. The van der Waals surface area contributed by atoms with E-state index in [1.54, 1.807) is 231 Å². The number of carbonyl (C=O) groups excluding carboxylic acids is 4. The molecule has 13 aromatic rings. The van der Waals surface area contributed by atoms with Crippen molar-refractivity contribution in [3.05, 3.63) is 461 Å². The number of para-hydroxylation sites is 2. The molecule has 0 saturated carbocycles. The van der Waals surface area contributed by atoms with Crippen LogP contribution in [0.5, 0.6) is 11.5 Å². The van der Waals surface area contributed by atoms with Gasteiger partial charge in [-0.15, -0.1) is 11.5 Å². The van der Waals surface area contributed by atoms with Crippen molar-refractivity contribution in [2.75, 3.05) is 0 Å². The molecule has 0 aliphatic rings. The van der Waals surface area contributed by atoms with Gasteiger partial charge in [-0.1, -0.05) is 332 Å². The zero-order chi connectivity index (χ0) is 75.9. The van der Waals surface area contributed by atoms with Gasteiger partial charge in [-0.25, -0.2) is 0 Å². The van der Waals surface area contributed by atoms with Crippen LogP contribution in [0.2, 0.25) is 0 Å². The van der Waals surface area contributed by atoms with Crippen LogP contribution in [0.15, 0.2) is 382 Å². The Labute approximate surface area is 702 Å². The van der Waals surface area contributed by atoms with E-state index < -0.39 is 0 Å². The molecule has 0 bridgehead atoms. The molecule has 17 heteroatoms. The van der Waals surface area contributed by atoms with Crippen molar-refractivity contribution in [2.24, 2.45) is 0 Å². The standard InChI is InChI=1S/C33H33N5O2.4C15H12O2.2Dy/c39-32-16-3-1-10-26(32)20-37(22-28-12-5-7-18-34-28)24-30-14-9-15-31(36-30)25-38(23-29-13-6-8-19-35-29)21-27-11-2-4-17-33(27)40;4*16-14(12-7-3-1-4-8-12)11-15(17)13-9-5-2-6-10-13;;/h1-19,39-40H,20-25H2;4*1-11,16H;;/q;;;;;2*+3/p-6/b;4*14-11-;;. The van der Waals surface area contributed by atoms with Crippen LogP contribution in [0.25, 0.3) is 23.0 Å². The normalized spacial score (nSPS) is 11.0. The summed E-state index contributed by atoms with van der Waals surface area (Å²) in [6.45, 7) is 3.29. The molecule has 552 valence electrons. The number of rotatable bonds is 24. The molecule has 110 heavy (non-hydrogen) atoms. The minimum absolute atomic E-state index is 0. The van der Waals surface area contributed by atoms with E-state index in [1.165, 1.54) is 0 Å². The molecule has 0 spiro atoms. The van der Waals surface area contributed by atoms with Crippen molar-refractivity contribution >= 4 is 46.2 Å². The summed E-state index contributed by atoms with van der Waals surface area (Å²) in [5.74, 6) is -2.06. The van der Waals surface area contributed by atoms with Crippen LogP contribution in [0.1, 0.15) is 97.6 Å². The van der Waals surface area contributed by atoms with Gasteiger partial charge in [0.25, 0.3) is 0 Å². The van der Waals surface area contributed by atoms with E-state index in [0.29, 0.717) is 83.8 Å². The summed E-state index contributed by atoms with van der Waals surface area (Å²) in [5.41, 5.74) is 9.35. The Morgan fingerprint density at radius 1 is 0.245 bits per heavy atom. The molecule has 3 heterocycles. The van der Waals surface area contributed by atoms with Crippen molar-refractivity contribution in [3.63, 3.8) is 0 Å². The molecule has 10 aromatic carbocycles. The zero-order valence-electron chi connectivity index (χ0n) is 59.6. The van der Waals surface area contributed by atoms with E-state index in [9.17, 15) is 49.8 Å². The van der Waals surface area contributed by atoms with Crippen LogP contribution >= 0.6 is 0 Å². The van der Waals surface area contributed by atoms with Gasteiger partial charge in [-0.3, -0.25) is 43.9 Å². The number of hydrogen-bond acceptors (Lipinski definition) is 15. The van der Waals surface area contributed by atoms with Crippen molar-refractivity contribution in [3.8, 4) is 11.5 Å². The Kier molecular flexibility index (Phi) is 37.0. The summed E-state index contributed by atoms with van der Waals surface area (Å²) in [6, 6.07) is 102. The summed E-state index contributed by atoms with van der Waals surface area (Å²) < 4.78 is 0. The summed E-state index contributed by atoms with van der Waals surface area (Å²) >= 11 is 0. The van der Waals surface area contributed by atoms with Gasteiger partial charge in [0, 0.05) is 73.9 Å². The maximum atomic E-state index is 12.5. The van der Waals surface area contributed by atoms with Gasteiger partial charge in [0.1, 0.15) is 0 Å². The Balaban J connectivity index is 0.000000203. The van der Waals surface area contributed by atoms with E-state index in [4.69, 9.17) is 4.98 Å². The third-order valence-electron chi connectivity index (χ3n) is 16.1. The maximum absolute atomic E-state index is 12.5. The van der Waals surface area contributed by atoms with Gasteiger partial charge in [-0.2, -0.15) is 0 Å². The topological polar surface area (TPSA) is 252 Å². The van der Waals surface area contributed by atoms with E-state index in [2.05, 4.69) is 19.8 Å². The van der Waals surface area contributed by atoms with E-state index in [1.807, 2.05) is 127 Å². The molecule has 0 N–H and O–H groups in total. The second-order valence-corrected chi connectivity index (χ2v) is 24.2. The fourth-order valence-corrected chi connectivity index (χ4v) is 10.7. The number of ketones is 4. The van der Waals surface area contributed by atoms with Crippen LogP contribution in [-0.2, 0) is 39.3 Å². The number of hydrogen-bond donors (Lipinski definition) is 0. The average molecular weight is 1750 g/mol. The first-order valence-corrected chi connectivity index (χ1v) is 34.5. The zero-order valence-corrected chi connectivity index (χ0v) is 63.6. The van der Waals surface area contributed by atoms with Gasteiger partial charge >= 0.3 is 76.3 Å².